The summed E-state index contributed by atoms with van der Waals surface area (Å²) in [6.45, 7) is 1.53. The van der Waals surface area contributed by atoms with Crippen LogP contribution in [0.4, 0.5) is 5.69 Å². The second kappa shape index (κ2) is 12.8. The van der Waals surface area contributed by atoms with Crippen molar-refractivity contribution in [2.45, 2.75) is 6.92 Å². The van der Waals surface area contributed by atoms with Gasteiger partial charge in [0.25, 0.3) is 0 Å². The van der Waals surface area contributed by atoms with Crippen LogP contribution in [0.25, 0.3) is 5.57 Å². The van der Waals surface area contributed by atoms with Gasteiger partial charge in [0.05, 0.1) is 5.70 Å². The molecule has 0 amide bonds. The molecule has 0 saturated heterocycles. The number of rotatable bonds is 10. The number of anilines is 1. The molecule has 8 heteroatoms. The highest BCUT2D eigenvalue weighted by Crippen LogP contribution is 2.50. The first kappa shape index (κ1) is 27.4. The highest BCUT2D eigenvalue weighted by atomic mass is 31.2. The molecule has 204 valence electrons. The van der Waals surface area contributed by atoms with Gasteiger partial charge in [-0.25, -0.2) is 0 Å². The van der Waals surface area contributed by atoms with Crippen molar-refractivity contribution >= 4 is 30.6 Å². The summed E-state index contributed by atoms with van der Waals surface area (Å²) in [5.41, 5.74) is 3.67. The molecule has 0 spiro atoms. The Morgan fingerprint density at radius 2 is 1.22 bits per heavy atom. The van der Waals surface area contributed by atoms with Crippen molar-refractivity contribution in [1.29, 1.82) is 0 Å². The second-order valence-corrected chi connectivity index (χ2v) is 10.4. The van der Waals surface area contributed by atoms with Crippen LogP contribution in [0.15, 0.2) is 156 Å². The van der Waals surface area contributed by atoms with Gasteiger partial charge in [-0.2, -0.15) is 4.57 Å². The molecule has 7 nitrogen and oxygen atoms in total. The van der Waals surface area contributed by atoms with E-state index in [1.807, 2.05) is 72.8 Å². The Bertz CT molecular complexity index is 1620. The number of phosphoric acid groups is 1. The first-order valence-corrected chi connectivity index (χ1v) is 14.3. The van der Waals surface area contributed by atoms with Crippen LogP contribution in [0.5, 0.6) is 11.5 Å². The SMILES string of the molecule is CC(=O)C(=C1C=CC(=NOP(=O)(Oc2ccccc2)Oc2ccccc2)C(Nc2ccccc2)=C1)c1ccccc1. The monoisotopic (exact) mass is 562 g/mol. The number of Topliss-reactive ketones (excluding diaryl/α,β-unsaturated/α-hetero) is 1. The lowest BCUT2D eigenvalue weighted by atomic mass is 9.93. The van der Waals surface area contributed by atoms with Crippen LogP contribution in [0, 0.1) is 0 Å². The molecule has 1 aliphatic carbocycles. The average Bonchev–Trinajstić information content (AvgIpc) is 2.99. The zero-order valence-electron chi connectivity index (χ0n) is 22.2. The van der Waals surface area contributed by atoms with E-state index in [1.165, 1.54) is 6.92 Å². The van der Waals surface area contributed by atoms with Gasteiger partial charge in [-0.15, -0.1) is 0 Å². The molecular formula is C33H27N2O5P. The maximum atomic E-state index is 13.8. The molecule has 1 aliphatic rings. The highest BCUT2D eigenvalue weighted by Gasteiger charge is 2.34. The third-order valence-corrected chi connectivity index (χ3v) is 7.06. The lowest BCUT2D eigenvalue weighted by molar-refractivity contribution is -0.111. The maximum Gasteiger partial charge on any atom is 0.668 e. The van der Waals surface area contributed by atoms with Gasteiger partial charge < -0.3 is 14.4 Å². The third-order valence-electron chi connectivity index (χ3n) is 5.91. The van der Waals surface area contributed by atoms with Crippen LogP contribution in [0.3, 0.4) is 0 Å². The number of carbonyl (C=O) groups is 1. The summed E-state index contributed by atoms with van der Waals surface area (Å²) in [6, 6.07) is 36.1. The first-order chi connectivity index (χ1) is 20.0. The fourth-order valence-electron chi connectivity index (χ4n) is 4.09. The largest absolute Gasteiger partial charge is 0.668 e. The molecule has 0 atom stereocenters. The van der Waals surface area contributed by atoms with Crippen molar-refractivity contribution < 1.29 is 23.0 Å². The van der Waals surface area contributed by atoms with Gasteiger partial charge in [-0.3, -0.25) is 9.42 Å². The van der Waals surface area contributed by atoms with E-state index >= 15 is 0 Å². The third kappa shape index (κ3) is 7.29. The Morgan fingerprint density at radius 1 is 0.707 bits per heavy atom. The molecule has 4 aromatic carbocycles. The minimum atomic E-state index is -4.28. The minimum Gasteiger partial charge on any atom is -0.385 e. The maximum absolute atomic E-state index is 13.8. The number of hydrogen-bond acceptors (Lipinski definition) is 7. The van der Waals surface area contributed by atoms with E-state index < -0.39 is 7.82 Å². The van der Waals surface area contributed by atoms with Crippen molar-refractivity contribution in [2.75, 3.05) is 5.32 Å². The summed E-state index contributed by atoms with van der Waals surface area (Å²) < 4.78 is 30.7. The number of para-hydroxylation sites is 3. The van der Waals surface area contributed by atoms with Crippen molar-refractivity contribution in [3.63, 3.8) is 0 Å². The van der Waals surface area contributed by atoms with Gasteiger partial charge >= 0.3 is 7.82 Å². The number of nitrogens with one attached hydrogen (secondary N) is 1. The minimum absolute atomic E-state index is 0.0835. The molecule has 0 fully saturated rings. The van der Waals surface area contributed by atoms with E-state index in [0.29, 0.717) is 34.1 Å². The number of nitrogens with zero attached hydrogens (tertiary/aromatic N) is 1. The first-order valence-electron chi connectivity index (χ1n) is 12.9. The predicted octanol–water partition coefficient (Wildman–Crippen LogP) is 8.23. The number of oxime groups is 1. The molecule has 5 rings (SSSR count). The summed E-state index contributed by atoms with van der Waals surface area (Å²) in [6.07, 6.45) is 5.25. The van der Waals surface area contributed by atoms with Gasteiger partial charge in [-0.1, -0.05) is 96.2 Å². The Morgan fingerprint density at radius 3 is 1.76 bits per heavy atom. The standard InChI is InChI=1S/C33H27N2O5P/c1-25(36)33(26-14-6-2-7-15-26)27-22-23-31(32(24-27)34-28-16-8-3-9-17-28)35-40-41(37,38-29-18-10-4-11-19-29)39-30-20-12-5-13-21-30/h2-24,34H,1H3. The molecule has 1 N–H and O–H groups in total. The molecule has 0 saturated carbocycles. The molecule has 41 heavy (non-hydrogen) atoms. The smallest absolute Gasteiger partial charge is 0.385 e. The summed E-state index contributed by atoms with van der Waals surface area (Å²) in [5, 5.41) is 7.54. The fraction of sp³-hybridized carbons (Fsp3) is 0.0303. The molecule has 0 unspecified atom stereocenters. The van der Waals surface area contributed by atoms with Crippen molar-refractivity contribution in [2.24, 2.45) is 5.16 Å². The van der Waals surface area contributed by atoms with Crippen LogP contribution < -0.4 is 14.4 Å². The number of phosphoric ester groups is 1. The number of allylic oxidation sites excluding steroid dienone is 5. The number of benzene rings is 4. The lowest BCUT2D eigenvalue weighted by Crippen LogP contribution is -2.15. The van der Waals surface area contributed by atoms with E-state index in [1.54, 1.807) is 66.8 Å². The van der Waals surface area contributed by atoms with Crippen LogP contribution >= 0.6 is 7.82 Å². The normalized spacial score (nSPS) is 15.0. The van der Waals surface area contributed by atoms with Crippen LogP contribution in [0.1, 0.15) is 12.5 Å². The zero-order chi connectivity index (χ0) is 28.5. The Balaban J connectivity index is 1.53. The molecule has 4 aromatic rings. The molecule has 0 aromatic heterocycles. The predicted molar refractivity (Wildman–Crippen MR) is 162 cm³/mol. The summed E-state index contributed by atoms with van der Waals surface area (Å²) >= 11 is 0. The summed E-state index contributed by atoms with van der Waals surface area (Å²) in [4.78, 5) is 12.7. The van der Waals surface area contributed by atoms with Crippen LogP contribution in [-0.2, 0) is 14.0 Å². The van der Waals surface area contributed by atoms with E-state index in [9.17, 15) is 9.36 Å². The van der Waals surface area contributed by atoms with Gasteiger partial charge in [-0.05, 0) is 66.6 Å². The molecule has 0 radical (unpaired) electrons. The van der Waals surface area contributed by atoms with Gasteiger partial charge in [0.1, 0.15) is 17.2 Å². The van der Waals surface area contributed by atoms with E-state index in [2.05, 4.69) is 10.5 Å². The second-order valence-electron chi connectivity index (χ2n) is 8.95. The fourth-order valence-corrected chi connectivity index (χ4v) is 5.14. The zero-order valence-corrected chi connectivity index (χ0v) is 23.1. The molecular weight excluding hydrogens is 535 g/mol. The summed E-state index contributed by atoms with van der Waals surface area (Å²) in [5.74, 6) is 0.506. The molecule has 0 aliphatic heterocycles. The molecule has 0 bridgehead atoms. The highest BCUT2D eigenvalue weighted by molar-refractivity contribution is 7.49. The summed E-state index contributed by atoms with van der Waals surface area (Å²) in [7, 11) is -4.28. The van der Waals surface area contributed by atoms with E-state index in [0.717, 1.165) is 11.3 Å². The number of hydrogen-bond donors (Lipinski definition) is 1. The van der Waals surface area contributed by atoms with E-state index in [4.69, 9.17) is 13.7 Å². The Hall–Kier alpha value is -5.13. The van der Waals surface area contributed by atoms with Crippen molar-refractivity contribution in [3.05, 3.63) is 156 Å². The van der Waals surface area contributed by atoms with Gasteiger partial charge in [0, 0.05) is 11.3 Å². The molecule has 0 heterocycles. The average molecular weight is 563 g/mol. The Labute approximate surface area is 238 Å². The van der Waals surface area contributed by atoms with Crippen LogP contribution in [-0.4, -0.2) is 11.5 Å². The van der Waals surface area contributed by atoms with Gasteiger partial charge in [0.15, 0.2) is 5.78 Å². The van der Waals surface area contributed by atoms with Crippen LogP contribution in [0.2, 0.25) is 0 Å². The van der Waals surface area contributed by atoms with Crippen molar-refractivity contribution in [1.82, 2.24) is 0 Å². The number of carbonyl (C=O) groups excluding carboxylic acids is 1. The quantitative estimate of drug-likeness (QED) is 0.119. The van der Waals surface area contributed by atoms with Gasteiger partial charge in [0.2, 0.25) is 0 Å². The van der Waals surface area contributed by atoms with Crippen molar-refractivity contribution in [3.8, 4) is 11.5 Å². The topological polar surface area (TPSA) is 86.2 Å². The Kier molecular flexibility index (Phi) is 8.58. The lowest BCUT2D eigenvalue weighted by Gasteiger charge is -2.19. The number of ketones is 1. The van der Waals surface area contributed by atoms with E-state index in [-0.39, 0.29) is 5.78 Å².